The topological polar surface area (TPSA) is 88.1 Å². The van der Waals surface area contributed by atoms with Crippen molar-refractivity contribution in [3.63, 3.8) is 0 Å². The molecule has 1 atom stereocenters. The summed E-state index contributed by atoms with van der Waals surface area (Å²) >= 11 is 0. The molecular formula is C17H24N2O5. The summed E-state index contributed by atoms with van der Waals surface area (Å²) in [6.07, 6.45) is 0.750. The number of benzene rings is 1. The van der Waals surface area contributed by atoms with Crippen LogP contribution in [0.3, 0.4) is 0 Å². The van der Waals surface area contributed by atoms with Crippen LogP contribution in [0, 0.1) is 5.92 Å². The molecule has 0 aliphatic carbocycles. The number of nitrogens with zero attached hydrogens (tertiary/aromatic N) is 1. The molecule has 2 rings (SSSR count). The third kappa shape index (κ3) is 4.10. The second-order valence-corrected chi connectivity index (χ2v) is 5.95. The minimum absolute atomic E-state index is 0.128. The molecule has 1 heterocycles. The molecule has 24 heavy (non-hydrogen) atoms. The van der Waals surface area contributed by atoms with Gasteiger partial charge in [0.05, 0.1) is 25.5 Å². The molecule has 132 valence electrons. The van der Waals surface area contributed by atoms with Gasteiger partial charge in [0.25, 0.3) is 0 Å². The number of rotatable bonds is 5. The zero-order chi connectivity index (χ0) is 17.7. The van der Waals surface area contributed by atoms with E-state index in [1.807, 2.05) is 0 Å². The van der Waals surface area contributed by atoms with Crippen LogP contribution in [0.5, 0.6) is 5.75 Å². The number of piperidine rings is 1. The van der Waals surface area contributed by atoms with Gasteiger partial charge in [0.15, 0.2) is 0 Å². The van der Waals surface area contributed by atoms with Crippen molar-refractivity contribution in [2.75, 3.05) is 32.6 Å². The predicted octanol–water partition coefficient (Wildman–Crippen LogP) is 2.67. The fraction of sp³-hybridized carbons (Fsp3) is 0.529. The highest BCUT2D eigenvalue weighted by atomic mass is 16.5. The lowest BCUT2D eigenvalue weighted by atomic mass is 9.90. The lowest BCUT2D eigenvalue weighted by Crippen LogP contribution is -2.41. The van der Waals surface area contributed by atoms with Crippen molar-refractivity contribution in [1.82, 2.24) is 4.90 Å². The molecular weight excluding hydrogens is 312 g/mol. The second-order valence-electron chi connectivity index (χ2n) is 5.95. The van der Waals surface area contributed by atoms with Crippen molar-refractivity contribution in [2.24, 2.45) is 5.92 Å². The van der Waals surface area contributed by atoms with Gasteiger partial charge in [-0.1, -0.05) is 0 Å². The number of amides is 1. The largest absolute Gasteiger partial charge is 0.495 e. The second kappa shape index (κ2) is 7.90. The summed E-state index contributed by atoms with van der Waals surface area (Å²) in [5, 5.41) is 12.4. The molecule has 1 amide bonds. The van der Waals surface area contributed by atoms with Gasteiger partial charge in [-0.2, -0.15) is 0 Å². The van der Waals surface area contributed by atoms with Gasteiger partial charge in [-0.3, -0.25) is 0 Å². The maximum Gasteiger partial charge on any atom is 0.407 e. The highest BCUT2D eigenvalue weighted by Crippen LogP contribution is 2.29. The summed E-state index contributed by atoms with van der Waals surface area (Å²) < 4.78 is 10.1. The number of nitrogens with one attached hydrogen (secondary N) is 1. The van der Waals surface area contributed by atoms with Gasteiger partial charge >= 0.3 is 12.1 Å². The van der Waals surface area contributed by atoms with E-state index in [-0.39, 0.29) is 6.04 Å². The molecule has 7 heteroatoms. The number of anilines is 1. The maximum atomic E-state index is 11.7. The molecule has 1 aliphatic heterocycles. The normalized spacial score (nSPS) is 16.4. The van der Waals surface area contributed by atoms with E-state index in [0.29, 0.717) is 30.3 Å². The number of carboxylic acid groups (broad SMARTS) is 1. The molecule has 0 spiro atoms. The van der Waals surface area contributed by atoms with Crippen LogP contribution in [-0.2, 0) is 4.74 Å². The highest BCUT2D eigenvalue weighted by Gasteiger charge is 2.26. The molecule has 1 aromatic rings. The van der Waals surface area contributed by atoms with E-state index >= 15 is 0 Å². The van der Waals surface area contributed by atoms with Gasteiger partial charge < -0.3 is 24.8 Å². The Morgan fingerprint density at radius 2 is 1.96 bits per heavy atom. The number of esters is 1. The molecule has 0 radical (unpaired) electrons. The summed E-state index contributed by atoms with van der Waals surface area (Å²) in [6, 6.07) is 5.23. The SMILES string of the molecule is COC(=O)c1ccc(OC)c(NC(C)C2CCN(C(=O)O)CC2)c1. The Hall–Kier alpha value is -2.44. The number of hydrogen-bond acceptors (Lipinski definition) is 5. The molecule has 1 fully saturated rings. The minimum Gasteiger partial charge on any atom is -0.495 e. The average Bonchev–Trinajstić information content (AvgIpc) is 2.60. The van der Waals surface area contributed by atoms with Crippen LogP contribution in [0.2, 0.25) is 0 Å². The number of carbonyl (C=O) groups excluding carboxylic acids is 1. The van der Waals surface area contributed by atoms with E-state index < -0.39 is 12.1 Å². The summed E-state index contributed by atoms with van der Waals surface area (Å²) in [4.78, 5) is 24.1. The van der Waals surface area contributed by atoms with Gasteiger partial charge in [-0.05, 0) is 43.9 Å². The van der Waals surface area contributed by atoms with E-state index in [4.69, 9.17) is 14.6 Å². The monoisotopic (exact) mass is 336 g/mol. The smallest absolute Gasteiger partial charge is 0.407 e. The third-order valence-corrected chi connectivity index (χ3v) is 4.52. The molecule has 0 aromatic heterocycles. The van der Waals surface area contributed by atoms with Crippen molar-refractivity contribution in [3.05, 3.63) is 23.8 Å². The van der Waals surface area contributed by atoms with E-state index in [1.54, 1.807) is 25.3 Å². The van der Waals surface area contributed by atoms with Crippen LogP contribution in [0.15, 0.2) is 18.2 Å². The van der Waals surface area contributed by atoms with Crippen molar-refractivity contribution in [3.8, 4) is 5.75 Å². The first kappa shape index (κ1) is 17.9. The maximum absolute atomic E-state index is 11.7. The summed E-state index contributed by atoms with van der Waals surface area (Å²) in [6.45, 7) is 3.15. The molecule has 2 N–H and O–H groups in total. The van der Waals surface area contributed by atoms with Gasteiger partial charge in [0.1, 0.15) is 5.75 Å². The van der Waals surface area contributed by atoms with Crippen molar-refractivity contribution < 1.29 is 24.2 Å². The summed E-state index contributed by atoms with van der Waals surface area (Å²) in [5.41, 5.74) is 1.18. The molecule has 1 aromatic carbocycles. The number of methoxy groups -OCH3 is 2. The van der Waals surface area contributed by atoms with Crippen LogP contribution in [0.25, 0.3) is 0 Å². The van der Waals surface area contributed by atoms with E-state index in [2.05, 4.69) is 12.2 Å². The highest BCUT2D eigenvalue weighted by molar-refractivity contribution is 5.91. The van der Waals surface area contributed by atoms with Gasteiger partial charge in [0, 0.05) is 19.1 Å². The first-order chi connectivity index (χ1) is 11.5. The lowest BCUT2D eigenvalue weighted by molar-refractivity contribution is 0.0600. The van der Waals surface area contributed by atoms with Gasteiger partial charge in [-0.15, -0.1) is 0 Å². The molecule has 7 nitrogen and oxygen atoms in total. The van der Waals surface area contributed by atoms with Gasteiger partial charge in [-0.25, -0.2) is 9.59 Å². The number of likely N-dealkylation sites (tertiary alicyclic amines) is 1. The average molecular weight is 336 g/mol. The standard InChI is InChI=1S/C17H24N2O5/c1-11(12-6-8-19(9-7-12)17(21)22)18-14-10-13(16(20)24-3)4-5-15(14)23-2/h4-5,10-12,18H,6-9H2,1-3H3,(H,21,22). The Kier molecular flexibility index (Phi) is 5.89. The van der Waals surface area contributed by atoms with Crippen LogP contribution in [0.4, 0.5) is 10.5 Å². The number of carbonyl (C=O) groups is 2. The molecule has 1 unspecified atom stereocenters. The molecule has 0 bridgehead atoms. The Balaban J connectivity index is 2.06. The van der Waals surface area contributed by atoms with Crippen molar-refractivity contribution in [1.29, 1.82) is 0 Å². The van der Waals surface area contributed by atoms with Gasteiger partial charge in [0.2, 0.25) is 0 Å². The van der Waals surface area contributed by atoms with E-state index in [1.165, 1.54) is 12.0 Å². The predicted molar refractivity (Wildman–Crippen MR) is 89.7 cm³/mol. The minimum atomic E-state index is -0.860. The molecule has 0 saturated carbocycles. The Labute approximate surface area is 141 Å². The lowest BCUT2D eigenvalue weighted by Gasteiger charge is -2.34. The van der Waals surface area contributed by atoms with Crippen LogP contribution >= 0.6 is 0 Å². The van der Waals surface area contributed by atoms with E-state index in [9.17, 15) is 9.59 Å². The fourth-order valence-corrected chi connectivity index (χ4v) is 3.02. The molecule has 1 aliphatic rings. The number of ether oxygens (including phenoxy) is 2. The van der Waals surface area contributed by atoms with Crippen LogP contribution < -0.4 is 10.1 Å². The zero-order valence-electron chi connectivity index (χ0n) is 14.2. The number of hydrogen-bond donors (Lipinski definition) is 2. The van der Waals surface area contributed by atoms with E-state index in [0.717, 1.165) is 18.5 Å². The zero-order valence-corrected chi connectivity index (χ0v) is 14.2. The fourth-order valence-electron chi connectivity index (χ4n) is 3.02. The quantitative estimate of drug-likeness (QED) is 0.804. The molecule has 1 saturated heterocycles. The summed E-state index contributed by atoms with van der Waals surface area (Å²) in [5.74, 6) is 0.604. The Bertz CT molecular complexity index is 597. The Morgan fingerprint density at radius 1 is 1.29 bits per heavy atom. The van der Waals surface area contributed by atoms with Crippen molar-refractivity contribution in [2.45, 2.75) is 25.8 Å². The third-order valence-electron chi connectivity index (χ3n) is 4.52. The van der Waals surface area contributed by atoms with Crippen LogP contribution in [-0.4, -0.2) is 55.4 Å². The Morgan fingerprint density at radius 3 is 2.50 bits per heavy atom. The summed E-state index contributed by atoms with van der Waals surface area (Å²) in [7, 11) is 2.92. The first-order valence-corrected chi connectivity index (χ1v) is 7.97. The van der Waals surface area contributed by atoms with Crippen molar-refractivity contribution >= 4 is 17.7 Å². The van der Waals surface area contributed by atoms with Crippen LogP contribution in [0.1, 0.15) is 30.1 Å². The first-order valence-electron chi connectivity index (χ1n) is 7.97.